The Morgan fingerprint density at radius 3 is 2.33 bits per heavy atom. The Hall–Kier alpha value is -2.17. The van der Waals surface area contributed by atoms with Gasteiger partial charge in [-0.25, -0.2) is 4.79 Å². The summed E-state index contributed by atoms with van der Waals surface area (Å²) in [6, 6.07) is 2.47. The van der Waals surface area contributed by atoms with Gasteiger partial charge in [-0.2, -0.15) is 0 Å². The van der Waals surface area contributed by atoms with E-state index in [1.165, 1.54) is 19.1 Å². The molecule has 0 saturated heterocycles. The maximum Gasteiger partial charge on any atom is 0.331 e. The first kappa shape index (κ1) is 10.9. The molecule has 0 atom stereocenters. The van der Waals surface area contributed by atoms with Crippen LogP contribution in [-0.2, 0) is 4.79 Å². The van der Waals surface area contributed by atoms with Crippen LogP contribution in [0.2, 0.25) is 0 Å². The van der Waals surface area contributed by atoms with Crippen LogP contribution in [0.15, 0.2) is 17.7 Å². The van der Waals surface area contributed by atoms with Crippen molar-refractivity contribution in [2.24, 2.45) is 0 Å². The lowest BCUT2D eigenvalue weighted by Crippen LogP contribution is -1.95. The van der Waals surface area contributed by atoms with E-state index in [0.717, 1.165) is 6.07 Å². The highest BCUT2D eigenvalue weighted by Gasteiger charge is 2.10. The third kappa shape index (κ3) is 2.19. The molecule has 0 radical (unpaired) electrons. The van der Waals surface area contributed by atoms with Crippen LogP contribution in [0.5, 0.6) is 17.2 Å². The first-order chi connectivity index (χ1) is 6.93. The summed E-state index contributed by atoms with van der Waals surface area (Å²) >= 11 is 0. The summed E-state index contributed by atoms with van der Waals surface area (Å²) in [7, 11) is 0. The standard InChI is InChI=1S/C10H10O5/c1-5(10(14)15)4-6-2-3-7(11)9(13)8(6)12/h2-4,11-13H,1H3,(H,14,15)/b5-4+. The predicted molar refractivity (Wildman–Crippen MR) is 52.7 cm³/mol. The van der Waals surface area contributed by atoms with Gasteiger partial charge in [0.05, 0.1) is 0 Å². The number of benzene rings is 1. The molecule has 4 N–H and O–H groups in total. The molecule has 5 nitrogen and oxygen atoms in total. The number of rotatable bonds is 2. The molecule has 0 spiro atoms. The lowest BCUT2D eigenvalue weighted by atomic mass is 10.1. The van der Waals surface area contributed by atoms with Gasteiger partial charge in [-0.3, -0.25) is 0 Å². The van der Waals surface area contributed by atoms with Crippen molar-refractivity contribution < 1.29 is 25.2 Å². The first-order valence-electron chi connectivity index (χ1n) is 4.09. The van der Waals surface area contributed by atoms with E-state index in [2.05, 4.69) is 0 Å². The van der Waals surface area contributed by atoms with Gasteiger partial charge in [0.1, 0.15) is 0 Å². The van der Waals surface area contributed by atoms with E-state index in [1.54, 1.807) is 0 Å². The van der Waals surface area contributed by atoms with E-state index in [-0.39, 0.29) is 11.1 Å². The van der Waals surface area contributed by atoms with Gasteiger partial charge in [0.2, 0.25) is 5.75 Å². The van der Waals surface area contributed by atoms with Gasteiger partial charge in [0.25, 0.3) is 0 Å². The zero-order valence-corrected chi connectivity index (χ0v) is 7.93. The molecule has 0 fully saturated rings. The SMILES string of the molecule is C/C(=C\c1ccc(O)c(O)c1O)C(=O)O. The summed E-state index contributed by atoms with van der Waals surface area (Å²) in [4.78, 5) is 10.5. The Morgan fingerprint density at radius 1 is 1.20 bits per heavy atom. The minimum Gasteiger partial charge on any atom is -0.504 e. The maximum absolute atomic E-state index is 10.5. The summed E-state index contributed by atoms with van der Waals surface area (Å²) in [5, 5.41) is 36.1. The van der Waals surface area contributed by atoms with Crippen molar-refractivity contribution >= 4 is 12.0 Å². The highest BCUT2D eigenvalue weighted by atomic mass is 16.4. The van der Waals surface area contributed by atoms with Crippen molar-refractivity contribution in [3.63, 3.8) is 0 Å². The summed E-state index contributed by atoms with van der Waals surface area (Å²) in [5.74, 6) is -2.79. The normalized spacial score (nSPS) is 11.4. The molecule has 0 aromatic heterocycles. The molecule has 0 saturated carbocycles. The molecule has 0 aliphatic rings. The molecule has 0 bridgehead atoms. The van der Waals surface area contributed by atoms with Crippen molar-refractivity contribution in [3.05, 3.63) is 23.3 Å². The molecule has 15 heavy (non-hydrogen) atoms. The maximum atomic E-state index is 10.5. The second kappa shape index (κ2) is 3.91. The fourth-order valence-electron chi connectivity index (χ4n) is 0.996. The largest absolute Gasteiger partial charge is 0.504 e. The second-order valence-electron chi connectivity index (χ2n) is 3.00. The molecule has 5 heteroatoms. The molecule has 1 aromatic rings. The van der Waals surface area contributed by atoms with Gasteiger partial charge in [0, 0.05) is 11.1 Å². The summed E-state index contributed by atoms with van der Waals surface area (Å²) in [5.41, 5.74) is 0.139. The molecular formula is C10H10O5. The van der Waals surface area contributed by atoms with Crippen molar-refractivity contribution in [3.8, 4) is 17.2 Å². The highest BCUT2D eigenvalue weighted by Crippen LogP contribution is 2.37. The minimum absolute atomic E-state index is 0.00962. The monoisotopic (exact) mass is 210 g/mol. The molecular weight excluding hydrogens is 200 g/mol. The average Bonchev–Trinajstić information content (AvgIpc) is 2.18. The van der Waals surface area contributed by atoms with Crippen molar-refractivity contribution in [1.29, 1.82) is 0 Å². The Balaban J connectivity index is 3.23. The summed E-state index contributed by atoms with van der Waals surface area (Å²) in [6.45, 7) is 1.35. The van der Waals surface area contributed by atoms with Crippen LogP contribution in [0.25, 0.3) is 6.08 Å². The number of hydrogen-bond acceptors (Lipinski definition) is 4. The molecule has 0 aliphatic heterocycles. The molecule has 80 valence electrons. The Labute approximate surface area is 85.5 Å². The van der Waals surface area contributed by atoms with E-state index < -0.39 is 23.2 Å². The van der Waals surface area contributed by atoms with Gasteiger partial charge in [-0.05, 0) is 25.1 Å². The lowest BCUT2D eigenvalue weighted by Gasteiger charge is -2.04. The van der Waals surface area contributed by atoms with Gasteiger partial charge in [-0.1, -0.05) is 0 Å². The van der Waals surface area contributed by atoms with Crippen LogP contribution < -0.4 is 0 Å². The summed E-state index contributed by atoms with van der Waals surface area (Å²) in [6.07, 6.45) is 1.19. The summed E-state index contributed by atoms with van der Waals surface area (Å²) < 4.78 is 0. The van der Waals surface area contributed by atoms with Crippen LogP contribution in [-0.4, -0.2) is 26.4 Å². The van der Waals surface area contributed by atoms with E-state index >= 15 is 0 Å². The number of phenolic OH excluding ortho intramolecular Hbond substituents is 3. The minimum atomic E-state index is -1.12. The van der Waals surface area contributed by atoms with E-state index in [0.29, 0.717) is 0 Å². The van der Waals surface area contributed by atoms with Gasteiger partial charge in [-0.15, -0.1) is 0 Å². The second-order valence-corrected chi connectivity index (χ2v) is 3.00. The third-order valence-corrected chi connectivity index (χ3v) is 1.87. The number of carboxylic acids is 1. The van der Waals surface area contributed by atoms with Crippen LogP contribution in [0.3, 0.4) is 0 Å². The fourth-order valence-corrected chi connectivity index (χ4v) is 0.996. The topological polar surface area (TPSA) is 98.0 Å². The Bertz CT molecular complexity index is 434. The van der Waals surface area contributed by atoms with E-state index in [1.807, 2.05) is 0 Å². The molecule has 0 heterocycles. The van der Waals surface area contributed by atoms with Gasteiger partial charge < -0.3 is 20.4 Å². The van der Waals surface area contributed by atoms with E-state index in [4.69, 9.17) is 15.3 Å². The Morgan fingerprint density at radius 2 is 1.80 bits per heavy atom. The predicted octanol–water partition coefficient (Wildman–Crippen LogP) is 1.29. The number of aromatic hydroxyl groups is 3. The number of hydrogen-bond donors (Lipinski definition) is 4. The van der Waals surface area contributed by atoms with Gasteiger partial charge in [0.15, 0.2) is 11.5 Å². The van der Waals surface area contributed by atoms with Gasteiger partial charge >= 0.3 is 5.97 Å². The Kier molecular flexibility index (Phi) is 2.85. The fraction of sp³-hybridized carbons (Fsp3) is 0.100. The van der Waals surface area contributed by atoms with Crippen LogP contribution in [0.4, 0.5) is 0 Å². The average molecular weight is 210 g/mol. The van der Waals surface area contributed by atoms with Crippen molar-refractivity contribution in [2.45, 2.75) is 6.92 Å². The lowest BCUT2D eigenvalue weighted by molar-refractivity contribution is -0.132. The number of phenols is 3. The molecule has 0 amide bonds. The number of carbonyl (C=O) groups is 1. The van der Waals surface area contributed by atoms with Crippen molar-refractivity contribution in [1.82, 2.24) is 0 Å². The number of aliphatic carboxylic acids is 1. The smallest absolute Gasteiger partial charge is 0.331 e. The molecule has 0 unspecified atom stereocenters. The highest BCUT2D eigenvalue weighted by molar-refractivity contribution is 5.92. The van der Waals surface area contributed by atoms with Crippen LogP contribution in [0.1, 0.15) is 12.5 Å². The number of carboxylic acid groups (broad SMARTS) is 1. The van der Waals surface area contributed by atoms with Crippen LogP contribution in [0, 0.1) is 0 Å². The zero-order chi connectivity index (χ0) is 11.6. The van der Waals surface area contributed by atoms with E-state index in [9.17, 15) is 9.90 Å². The van der Waals surface area contributed by atoms with Crippen molar-refractivity contribution in [2.75, 3.05) is 0 Å². The molecule has 0 aliphatic carbocycles. The zero-order valence-electron chi connectivity index (χ0n) is 7.93. The van der Waals surface area contributed by atoms with Crippen LogP contribution >= 0.6 is 0 Å². The first-order valence-corrected chi connectivity index (χ1v) is 4.09. The quantitative estimate of drug-likeness (QED) is 0.435. The molecule has 1 rings (SSSR count). The molecule has 1 aromatic carbocycles. The third-order valence-electron chi connectivity index (χ3n) is 1.87.